The molecule has 2 amide bonds. The summed E-state index contributed by atoms with van der Waals surface area (Å²) in [5.74, 6) is 0.407. The summed E-state index contributed by atoms with van der Waals surface area (Å²) in [6, 6.07) is 2.06. The number of piperazine rings is 1. The molecule has 0 aromatic carbocycles. The molecule has 4 fully saturated rings. The smallest absolute Gasteiger partial charge is 0.394 e. The highest BCUT2D eigenvalue weighted by Crippen LogP contribution is 2.53. The number of pyridine rings is 1. The predicted molar refractivity (Wildman–Crippen MR) is 115 cm³/mol. The molecule has 6 rings (SSSR count). The molecule has 11 heteroatoms. The summed E-state index contributed by atoms with van der Waals surface area (Å²) in [6.07, 6.45) is 0.0299. The topological polar surface area (TPSA) is 78.2 Å². The molecular weight excluding hydrogens is 473 g/mol. The minimum absolute atomic E-state index is 0.0115. The van der Waals surface area contributed by atoms with Crippen molar-refractivity contribution in [2.45, 2.75) is 56.3 Å². The SMILES string of the molecule is O=C1CN(C(=O)c2nn3c(C(F)(F)F)cc(C4CC4)cc3c2Cl)C(CO)CN1C1CC2CC2C1. The first-order chi connectivity index (χ1) is 16.2. The van der Waals surface area contributed by atoms with E-state index in [1.54, 1.807) is 11.0 Å². The van der Waals surface area contributed by atoms with E-state index in [9.17, 15) is 27.9 Å². The fourth-order valence-electron chi connectivity index (χ4n) is 5.74. The van der Waals surface area contributed by atoms with Gasteiger partial charge in [-0.1, -0.05) is 11.6 Å². The van der Waals surface area contributed by atoms with Gasteiger partial charge >= 0.3 is 6.18 Å². The van der Waals surface area contributed by atoms with Gasteiger partial charge < -0.3 is 14.9 Å². The summed E-state index contributed by atoms with van der Waals surface area (Å²) in [5.41, 5.74) is -0.807. The standard InChI is InChI=1S/C23H24ClF3N4O3/c24-20-17-6-14(11-1-2-11)7-18(23(25,26)27)31(17)28-21(20)22(34)30-9-19(33)29(8-16(30)10-32)15-4-12-3-13(12)5-15/h6-7,11-13,15-16,32H,1-5,8-10H2. The maximum absolute atomic E-state index is 13.8. The van der Waals surface area contributed by atoms with Gasteiger partial charge in [-0.2, -0.15) is 18.3 Å². The van der Waals surface area contributed by atoms with Crippen LogP contribution in [0.4, 0.5) is 13.2 Å². The minimum atomic E-state index is -4.68. The van der Waals surface area contributed by atoms with Crippen LogP contribution in [0.3, 0.4) is 0 Å². The van der Waals surface area contributed by atoms with Gasteiger partial charge in [0.05, 0.1) is 23.2 Å². The van der Waals surface area contributed by atoms with Crippen molar-refractivity contribution in [3.8, 4) is 0 Å². The van der Waals surface area contributed by atoms with Crippen LogP contribution in [0.5, 0.6) is 0 Å². The Morgan fingerprint density at radius 1 is 1.18 bits per heavy atom. The lowest BCUT2D eigenvalue weighted by molar-refractivity contribution is -0.142. The van der Waals surface area contributed by atoms with Crippen LogP contribution >= 0.6 is 11.6 Å². The van der Waals surface area contributed by atoms with Crippen LogP contribution in [-0.2, 0) is 11.0 Å². The number of hydrogen-bond acceptors (Lipinski definition) is 4. The van der Waals surface area contributed by atoms with Crippen molar-refractivity contribution in [2.24, 2.45) is 11.8 Å². The number of amides is 2. The Hall–Kier alpha value is -2.33. The Morgan fingerprint density at radius 2 is 1.88 bits per heavy atom. The third-order valence-electron chi connectivity index (χ3n) is 7.84. The lowest BCUT2D eigenvalue weighted by Crippen LogP contribution is -2.61. The van der Waals surface area contributed by atoms with Crippen molar-refractivity contribution >= 4 is 28.9 Å². The number of nitrogens with zero attached hydrogens (tertiary/aromatic N) is 4. The molecule has 2 aromatic heterocycles. The van der Waals surface area contributed by atoms with Crippen molar-refractivity contribution < 1.29 is 27.9 Å². The van der Waals surface area contributed by atoms with Crippen LogP contribution in [0, 0.1) is 11.8 Å². The zero-order valence-electron chi connectivity index (χ0n) is 18.3. The van der Waals surface area contributed by atoms with E-state index in [2.05, 4.69) is 5.10 Å². The van der Waals surface area contributed by atoms with Gasteiger partial charge in [-0.05, 0) is 67.6 Å². The third-order valence-corrected chi connectivity index (χ3v) is 8.22. The van der Waals surface area contributed by atoms with E-state index in [0.29, 0.717) is 21.9 Å². The lowest BCUT2D eigenvalue weighted by atomic mass is 10.0. The van der Waals surface area contributed by atoms with E-state index in [0.717, 1.165) is 31.7 Å². The van der Waals surface area contributed by atoms with E-state index in [4.69, 9.17) is 11.6 Å². The molecule has 4 aliphatic rings. The van der Waals surface area contributed by atoms with Crippen LogP contribution in [-0.4, -0.2) is 68.1 Å². The Balaban J connectivity index is 1.32. The number of fused-ring (bicyclic) bond motifs is 2. The minimum Gasteiger partial charge on any atom is -0.394 e. The highest BCUT2D eigenvalue weighted by Gasteiger charge is 2.50. The van der Waals surface area contributed by atoms with Crippen molar-refractivity contribution in [1.29, 1.82) is 0 Å². The fourth-order valence-corrected chi connectivity index (χ4v) is 6.00. The molecule has 0 spiro atoms. The molecule has 34 heavy (non-hydrogen) atoms. The molecule has 1 N–H and O–H groups in total. The van der Waals surface area contributed by atoms with E-state index < -0.39 is 23.8 Å². The molecular formula is C23H24ClF3N4O3. The fraction of sp³-hybridized carbons (Fsp3) is 0.609. The van der Waals surface area contributed by atoms with E-state index in [1.807, 2.05) is 0 Å². The number of alkyl halides is 3. The molecule has 2 aromatic rings. The molecule has 3 saturated carbocycles. The van der Waals surface area contributed by atoms with Crippen LogP contribution in [0.25, 0.3) is 5.52 Å². The zero-order valence-corrected chi connectivity index (χ0v) is 19.0. The lowest BCUT2D eigenvalue weighted by Gasteiger charge is -2.42. The molecule has 3 unspecified atom stereocenters. The number of rotatable bonds is 4. The Morgan fingerprint density at radius 3 is 2.50 bits per heavy atom. The molecule has 1 saturated heterocycles. The Kier molecular flexibility index (Phi) is 4.94. The predicted octanol–water partition coefficient (Wildman–Crippen LogP) is 3.33. The van der Waals surface area contributed by atoms with Gasteiger partial charge in [0.1, 0.15) is 12.2 Å². The van der Waals surface area contributed by atoms with Crippen LogP contribution in [0.15, 0.2) is 12.1 Å². The maximum atomic E-state index is 13.8. The van der Waals surface area contributed by atoms with Gasteiger partial charge in [-0.15, -0.1) is 0 Å². The second kappa shape index (κ2) is 7.58. The number of aliphatic hydroxyl groups excluding tert-OH is 1. The van der Waals surface area contributed by atoms with E-state index in [1.165, 1.54) is 11.3 Å². The largest absolute Gasteiger partial charge is 0.433 e. The number of carbonyl (C=O) groups is 2. The number of aromatic nitrogens is 2. The third kappa shape index (κ3) is 3.57. The number of aliphatic hydroxyl groups is 1. The first kappa shape index (κ1) is 22.2. The second-order valence-corrected chi connectivity index (χ2v) is 10.5. The van der Waals surface area contributed by atoms with Crippen molar-refractivity contribution in [2.75, 3.05) is 19.7 Å². The monoisotopic (exact) mass is 496 g/mol. The summed E-state index contributed by atoms with van der Waals surface area (Å²) in [5, 5.41) is 13.8. The van der Waals surface area contributed by atoms with Gasteiger partial charge in [-0.25, -0.2) is 4.52 Å². The van der Waals surface area contributed by atoms with Crippen molar-refractivity contribution in [3.05, 3.63) is 34.1 Å². The number of carbonyl (C=O) groups excluding carboxylic acids is 2. The number of halogens is 4. The molecule has 3 heterocycles. The van der Waals surface area contributed by atoms with Crippen molar-refractivity contribution in [3.63, 3.8) is 0 Å². The first-order valence-corrected chi connectivity index (χ1v) is 12.0. The molecule has 3 atom stereocenters. The van der Waals surface area contributed by atoms with Gasteiger partial charge in [0, 0.05) is 12.6 Å². The molecule has 0 bridgehead atoms. The maximum Gasteiger partial charge on any atom is 0.433 e. The highest BCUT2D eigenvalue weighted by molar-refractivity contribution is 6.36. The van der Waals surface area contributed by atoms with Crippen LogP contribution in [0.1, 0.15) is 59.8 Å². The Bertz CT molecular complexity index is 1180. The molecule has 3 aliphatic carbocycles. The normalized spacial score (nSPS) is 29.1. The molecule has 7 nitrogen and oxygen atoms in total. The summed E-state index contributed by atoms with van der Waals surface area (Å²) >= 11 is 6.41. The summed E-state index contributed by atoms with van der Waals surface area (Å²) < 4.78 is 42.0. The van der Waals surface area contributed by atoms with Gasteiger partial charge in [0.15, 0.2) is 5.69 Å². The number of hydrogen-bond donors (Lipinski definition) is 1. The van der Waals surface area contributed by atoms with Gasteiger partial charge in [0.25, 0.3) is 5.91 Å². The van der Waals surface area contributed by atoms with Crippen LogP contribution < -0.4 is 0 Å². The van der Waals surface area contributed by atoms with Crippen molar-refractivity contribution in [1.82, 2.24) is 19.4 Å². The summed E-state index contributed by atoms with van der Waals surface area (Å²) in [4.78, 5) is 29.3. The molecule has 182 valence electrons. The van der Waals surface area contributed by atoms with E-state index >= 15 is 0 Å². The average Bonchev–Trinajstić information content (AvgIpc) is 3.72. The molecule has 0 radical (unpaired) electrons. The summed E-state index contributed by atoms with van der Waals surface area (Å²) in [7, 11) is 0. The average molecular weight is 497 g/mol. The van der Waals surface area contributed by atoms with Gasteiger partial charge in [0.2, 0.25) is 5.91 Å². The van der Waals surface area contributed by atoms with Crippen LogP contribution in [0.2, 0.25) is 5.02 Å². The Labute approximate surface area is 198 Å². The highest BCUT2D eigenvalue weighted by atomic mass is 35.5. The van der Waals surface area contributed by atoms with E-state index in [-0.39, 0.29) is 53.8 Å². The zero-order chi connectivity index (χ0) is 23.9. The first-order valence-electron chi connectivity index (χ1n) is 11.7. The second-order valence-electron chi connectivity index (χ2n) is 10.1. The summed E-state index contributed by atoms with van der Waals surface area (Å²) in [6.45, 7) is -0.449. The molecule has 1 aliphatic heterocycles. The van der Waals surface area contributed by atoms with Gasteiger partial charge in [-0.3, -0.25) is 9.59 Å². The quantitative estimate of drug-likeness (QED) is 0.704.